The highest BCUT2D eigenvalue weighted by Crippen LogP contribution is 2.28. The van der Waals surface area contributed by atoms with Gasteiger partial charge in [0.25, 0.3) is 0 Å². The van der Waals surface area contributed by atoms with Crippen molar-refractivity contribution in [2.45, 2.75) is 4.90 Å². The van der Waals surface area contributed by atoms with E-state index in [1.54, 1.807) is 7.11 Å². The molecule has 0 saturated heterocycles. The lowest BCUT2D eigenvalue weighted by Gasteiger charge is -2.10. The Morgan fingerprint density at radius 2 is 1.74 bits per heavy atom. The first-order chi connectivity index (χ1) is 11.3. The lowest BCUT2D eigenvalue weighted by molar-refractivity contribution is -0.113. The SMILES string of the molecule is COc1ccccc1NC(=O)CSc1cccc2ccccc12. The van der Waals surface area contributed by atoms with Crippen LogP contribution in [0.3, 0.4) is 0 Å². The van der Waals surface area contributed by atoms with Crippen LogP contribution in [0.1, 0.15) is 0 Å². The van der Waals surface area contributed by atoms with Gasteiger partial charge in [-0.2, -0.15) is 0 Å². The molecule has 1 amide bonds. The molecule has 0 aromatic heterocycles. The van der Waals surface area contributed by atoms with Crippen LogP contribution in [0.25, 0.3) is 10.8 Å². The summed E-state index contributed by atoms with van der Waals surface area (Å²) in [6.45, 7) is 0. The molecule has 4 heteroatoms. The first-order valence-electron chi connectivity index (χ1n) is 7.31. The summed E-state index contributed by atoms with van der Waals surface area (Å²) in [5, 5.41) is 5.25. The molecule has 0 aliphatic rings. The van der Waals surface area contributed by atoms with Crippen LogP contribution in [-0.2, 0) is 4.79 Å². The summed E-state index contributed by atoms with van der Waals surface area (Å²) in [5.41, 5.74) is 0.693. The minimum atomic E-state index is -0.0487. The summed E-state index contributed by atoms with van der Waals surface area (Å²) >= 11 is 1.54. The maximum Gasteiger partial charge on any atom is 0.234 e. The second kappa shape index (κ2) is 7.20. The number of carbonyl (C=O) groups is 1. The minimum Gasteiger partial charge on any atom is -0.495 e. The van der Waals surface area contributed by atoms with Crippen LogP contribution in [0.2, 0.25) is 0 Å². The van der Waals surface area contributed by atoms with Crippen LogP contribution in [0.5, 0.6) is 5.75 Å². The molecule has 0 spiro atoms. The summed E-state index contributed by atoms with van der Waals surface area (Å²) in [6.07, 6.45) is 0. The monoisotopic (exact) mass is 323 g/mol. The number of ether oxygens (including phenoxy) is 1. The van der Waals surface area contributed by atoms with Crippen LogP contribution < -0.4 is 10.1 Å². The molecular formula is C19H17NO2S. The predicted octanol–water partition coefficient (Wildman–Crippen LogP) is 4.58. The van der Waals surface area contributed by atoms with Gasteiger partial charge in [0.1, 0.15) is 5.75 Å². The third kappa shape index (κ3) is 3.66. The van der Waals surface area contributed by atoms with Crippen molar-refractivity contribution >= 4 is 34.1 Å². The average molecular weight is 323 g/mol. The van der Waals surface area contributed by atoms with Crippen LogP contribution in [0, 0.1) is 0 Å². The molecule has 3 aromatic rings. The zero-order valence-corrected chi connectivity index (χ0v) is 13.6. The number of hydrogen-bond acceptors (Lipinski definition) is 3. The maximum absolute atomic E-state index is 12.2. The van der Waals surface area contributed by atoms with Gasteiger partial charge in [-0.15, -0.1) is 11.8 Å². The molecule has 0 saturated carbocycles. The number of carbonyl (C=O) groups excluding carboxylic acids is 1. The fourth-order valence-corrected chi connectivity index (χ4v) is 3.27. The number of benzene rings is 3. The third-order valence-electron chi connectivity index (χ3n) is 3.49. The third-order valence-corrected chi connectivity index (χ3v) is 4.56. The zero-order chi connectivity index (χ0) is 16.1. The molecule has 3 rings (SSSR count). The number of rotatable bonds is 5. The lowest BCUT2D eigenvalue weighted by Crippen LogP contribution is -2.14. The average Bonchev–Trinajstić information content (AvgIpc) is 2.60. The van der Waals surface area contributed by atoms with E-state index in [0.717, 1.165) is 4.90 Å². The summed E-state index contributed by atoms with van der Waals surface area (Å²) in [5.74, 6) is 0.968. The summed E-state index contributed by atoms with van der Waals surface area (Å²) < 4.78 is 5.25. The van der Waals surface area contributed by atoms with E-state index in [1.165, 1.54) is 22.5 Å². The van der Waals surface area contributed by atoms with Gasteiger partial charge in [-0.3, -0.25) is 4.79 Å². The topological polar surface area (TPSA) is 38.3 Å². The van der Waals surface area contributed by atoms with Crippen molar-refractivity contribution in [3.05, 3.63) is 66.7 Å². The van der Waals surface area contributed by atoms with Crippen molar-refractivity contribution in [1.82, 2.24) is 0 Å². The molecule has 0 radical (unpaired) electrons. The Morgan fingerprint density at radius 1 is 1.00 bits per heavy atom. The number of hydrogen-bond donors (Lipinski definition) is 1. The van der Waals surface area contributed by atoms with Crippen molar-refractivity contribution in [3.8, 4) is 5.75 Å². The van der Waals surface area contributed by atoms with E-state index in [2.05, 4.69) is 23.5 Å². The number of anilines is 1. The molecule has 0 heterocycles. The number of thioether (sulfide) groups is 1. The quantitative estimate of drug-likeness (QED) is 0.699. The molecule has 0 aliphatic carbocycles. The Kier molecular flexibility index (Phi) is 4.83. The highest BCUT2D eigenvalue weighted by Gasteiger charge is 2.08. The van der Waals surface area contributed by atoms with Crippen LogP contribution >= 0.6 is 11.8 Å². The van der Waals surface area contributed by atoms with Gasteiger partial charge in [0, 0.05) is 4.90 Å². The molecule has 3 nitrogen and oxygen atoms in total. The van der Waals surface area contributed by atoms with Gasteiger partial charge in [-0.05, 0) is 29.0 Å². The molecule has 3 aromatic carbocycles. The lowest BCUT2D eigenvalue weighted by atomic mass is 10.1. The number of para-hydroxylation sites is 2. The summed E-state index contributed by atoms with van der Waals surface area (Å²) in [6, 6.07) is 21.7. The maximum atomic E-state index is 12.2. The summed E-state index contributed by atoms with van der Waals surface area (Å²) in [4.78, 5) is 13.3. The zero-order valence-electron chi connectivity index (χ0n) is 12.8. The van der Waals surface area contributed by atoms with E-state index in [9.17, 15) is 4.79 Å². The van der Waals surface area contributed by atoms with Gasteiger partial charge >= 0.3 is 0 Å². The molecule has 23 heavy (non-hydrogen) atoms. The van der Waals surface area contributed by atoms with Crippen molar-refractivity contribution in [3.63, 3.8) is 0 Å². The van der Waals surface area contributed by atoms with Gasteiger partial charge in [-0.1, -0.05) is 48.5 Å². The fourth-order valence-electron chi connectivity index (χ4n) is 2.40. The van der Waals surface area contributed by atoms with Crippen molar-refractivity contribution in [2.75, 3.05) is 18.2 Å². The van der Waals surface area contributed by atoms with Crippen molar-refractivity contribution < 1.29 is 9.53 Å². The Labute approximate surface area is 139 Å². The van der Waals surface area contributed by atoms with Gasteiger partial charge in [-0.25, -0.2) is 0 Å². The molecule has 1 N–H and O–H groups in total. The first-order valence-corrected chi connectivity index (χ1v) is 8.30. The number of methoxy groups -OCH3 is 1. The second-order valence-electron chi connectivity index (χ2n) is 5.01. The first kappa shape index (κ1) is 15.4. The Hall–Kier alpha value is -2.46. The van der Waals surface area contributed by atoms with Gasteiger partial charge in [0.15, 0.2) is 0 Å². The summed E-state index contributed by atoms with van der Waals surface area (Å²) in [7, 11) is 1.59. The molecule has 0 bridgehead atoms. The standard InChI is InChI=1S/C19H17NO2S/c1-22-17-11-5-4-10-16(17)20-19(21)13-23-18-12-6-8-14-7-2-3-9-15(14)18/h2-12H,13H2,1H3,(H,20,21). The van der Waals surface area contributed by atoms with Crippen LogP contribution in [0.15, 0.2) is 71.6 Å². The predicted molar refractivity (Wildman–Crippen MR) is 96.3 cm³/mol. The number of fused-ring (bicyclic) bond motifs is 1. The Balaban J connectivity index is 1.69. The molecule has 0 unspecified atom stereocenters. The fraction of sp³-hybridized carbons (Fsp3) is 0.105. The van der Waals surface area contributed by atoms with Crippen LogP contribution in [0.4, 0.5) is 5.69 Å². The number of amides is 1. The van der Waals surface area contributed by atoms with E-state index in [4.69, 9.17) is 4.74 Å². The minimum absolute atomic E-state index is 0.0487. The molecule has 0 aliphatic heterocycles. The van der Waals surface area contributed by atoms with Gasteiger partial charge in [0.05, 0.1) is 18.6 Å². The van der Waals surface area contributed by atoms with Crippen molar-refractivity contribution in [1.29, 1.82) is 0 Å². The normalized spacial score (nSPS) is 10.5. The molecular weight excluding hydrogens is 306 g/mol. The van der Waals surface area contributed by atoms with E-state index in [0.29, 0.717) is 17.2 Å². The molecule has 116 valence electrons. The van der Waals surface area contributed by atoms with Crippen molar-refractivity contribution in [2.24, 2.45) is 0 Å². The van der Waals surface area contributed by atoms with E-state index in [-0.39, 0.29) is 5.91 Å². The Morgan fingerprint density at radius 3 is 2.61 bits per heavy atom. The smallest absolute Gasteiger partial charge is 0.234 e. The van der Waals surface area contributed by atoms with Crippen LogP contribution in [-0.4, -0.2) is 18.8 Å². The van der Waals surface area contributed by atoms with E-state index >= 15 is 0 Å². The van der Waals surface area contributed by atoms with E-state index in [1.807, 2.05) is 48.5 Å². The van der Waals surface area contributed by atoms with E-state index < -0.39 is 0 Å². The second-order valence-corrected chi connectivity index (χ2v) is 6.03. The molecule has 0 atom stereocenters. The number of nitrogens with one attached hydrogen (secondary N) is 1. The van der Waals surface area contributed by atoms with Gasteiger partial charge in [0.2, 0.25) is 5.91 Å². The molecule has 0 fully saturated rings. The Bertz CT molecular complexity index is 827. The van der Waals surface area contributed by atoms with Gasteiger partial charge < -0.3 is 10.1 Å². The highest BCUT2D eigenvalue weighted by atomic mass is 32.2. The highest BCUT2D eigenvalue weighted by molar-refractivity contribution is 8.00. The largest absolute Gasteiger partial charge is 0.495 e.